The first-order valence-electron chi connectivity index (χ1n) is 8.39. The number of halogens is 2. The van der Waals surface area contributed by atoms with E-state index in [1.165, 1.54) is 12.8 Å². The molecule has 1 fully saturated rings. The van der Waals surface area contributed by atoms with Crippen molar-refractivity contribution in [3.8, 4) is 0 Å². The van der Waals surface area contributed by atoms with E-state index < -0.39 is 6.10 Å². The van der Waals surface area contributed by atoms with E-state index in [9.17, 15) is 5.11 Å². The summed E-state index contributed by atoms with van der Waals surface area (Å²) in [5.41, 5.74) is 2.16. The molecule has 0 aliphatic carbocycles. The lowest BCUT2D eigenvalue weighted by Crippen LogP contribution is -2.32. The molecule has 1 atom stereocenters. The summed E-state index contributed by atoms with van der Waals surface area (Å²) in [7, 11) is 0. The van der Waals surface area contributed by atoms with Crippen LogP contribution in [0.15, 0.2) is 36.4 Å². The maximum atomic E-state index is 10.6. The van der Waals surface area contributed by atoms with Crippen LogP contribution in [-0.4, -0.2) is 40.3 Å². The SMILES string of the molecule is OC(CN1CCCC1)Cn1c2ccc(Cl)cc2c2cc(Cl)ccc21. The second-order valence-corrected chi connectivity index (χ2v) is 7.47. The second-order valence-electron chi connectivity index (χ2n) is 6.60. The first-order chi connectivity index (χ1) is 11.6. The van der Waals surface area contributed by atoms with Crippen LogP contribution >= 0.6 is 23.2 Å². The van der Waals surface area contributed by atoms with Gasteiger partial charge in [0.2, 0.25) is 0 Å². The molecule has 24 heavy (non-hydrogen) atoms. The maximum Gasteiger partial charge on any atom is 0.0845 e. The Balaban J connectivity index is 1.75. The van der Waals surface area contributed by atoms with Gasteiger partial charge in [0.05, 0.1) is 12.6 Å². The molecule has 0 saturated carbocycles. The van der Waals surface area contributed by atoms with Crippen molar-refractivity contribution in [2.24, 2.45) is 0 Å². The van der Waals surface area contributed by atoms with Gasteiger partial charge in [0.1, 0.15) is 0 Å². The van der Waals surface area contributed by atoms with E-state index in [1.54, 1.807) is 0 Å². The normalized spacial score (nSPS) is 17.1. The topological polar surface area (TPSA) is 28.4 Å². The van der Waals surface area contributed by atoms with Crippen LogP contribution in [0.25, 0.3) is 21.8 Å². The summed E-state index contributed by atoms with van der Waals surface area (Å²) in [4.78, 5) is 2.34. The van der Waals surface area contributed by atoms with Gasteiger partial charge >= 0.3 is 0 Å². The quantitative estimate of drug-likeness (QED) is 0.736. The monoisotopic (exact) mass is 362 g/mol. The number of aliphatic hydroxyl groups is 1. The van der Waals surface area contributed by atoms with Gasteiger partial charge in [-0.05, 0) is 62.3 Å². The number of hydrogen-bond acceptors (Lipinski definition) is 2. The number of aliphatic hydroxyl groups excluding tert-OH is 1. The highest BCUT2D eigenvalue weighted by atomic mass is 35.5. The van der Waals surface area contributed by atoms with E-state index in [1.807, 2.05) is 36.4 Å². The predicted octanol–water partition coefficient (Wildman–Crippen LogP) is 4.56. The van der Waals surface area contributed by atoms with Gasteiger partial charge < -0.3 is 14.6 Å². The van der Waals surface area contributed by atoms with Crippen molar-refractivity contribution >= 4 is 45.0 Å². The van der Waals surface area contributed by atoms with Crippen LogP contribution in [0.3, 0.4) is 0 Å². The number of likely N-dealkylation sites (tertiary alicyclic amines) is 1. The van der Waals surface area contributed by atoms with Crippen LogP contribution in [0.5, 0.6) is 0 Å². The Morgan fingerprint density at radius 1 is 0.875 bits per heavy atom. The van der Waals surface area contributed by atoms with Crippen molar-refractivity contribution in [2.75, 3.05) is 19.6 Å². The lowest BCUT2D eigenvalue weighted by molar-refractivity contribution is 0.111. The second kappa shape index (κ2) is 6.57. The fourth-order valence-electron chi connectivity index (χ4n) is 3.78. The molecule has 1 unspecified atom stereocenters. The minimum atomic E-state index is -0.395. The van der Waals surface area contributed by atoms with E-state index >= 15 is 0 Å². The van der Waals surface area contributed by atoms with Gasteiger partial charge in [-0.1, -0.05) is 23.2 Å². The molecule has 3 nitrogen and oxygen atoms in total. The molecule has 1 N–H and O–H groups in total. The summed E-state index contributed by atoms with van der Waals surface area (Å²) in [6.07, 6.45) is 2.08. The molecule has 0 amide bonds. The smallest absolute Gasteiger partial charge is 0.0845 e. The van der Waals surface area contributed by atoms with E-state index in [0.717, 1.165) is 41.4 Å². The van der Waals surface area contributed by atoms with Crippen molar-refractivity contribution in [3.05, 3.63) is 46.4 Å². The lowest BCUT2D eigenvalue weighted by Gasteiger charge is -2.20. The van der Waals surface area contributed by atoms with Gasteiger partial charge in [-0.2, -0.15) is 0 Å². The average Bonchev–Trinajstić information content (AvgIpc) is 3.15. The summed E-state index contributed by atoms with van der Waals surface area (Å²) in [6, 6.07) is 11.8. The van der Waals surface area contributed by atoms with Crippen LogP contribution in [-0.2, 0) is 6.54 Å². The number of nitrogens with zero attached hydrogens (tertiary/aromatic N) is 2. The third-order valence-corrected chi connectivity index (χ3v) is 5.32. The Morgan fingerprint density at radius 3 is 1.96 bits per heavy atom. The highest BCUT2D eigenvalue weighted by molar-refractivity contribution is 6.33. The molecule has 1 aliphatic rings. The van der Waals surface area contributed by atoms with Crippen molar-refractivity contribution < 1.29 is 5.11 Å². The molecular formula is C19H20Cl2N2O. The van der Waals surface area contributed by atoms with E-state index in [4.69, 9.17) is 23.2 Å². The third-order valence-electron chi connectivity index (χ3n) is 4.85. The Morgan fingerprint density at radius 2 is 1.42 bits per heavy atom. The third kappa shape index (κ3) is 3.02. The van der Waals surface area contributed by atoms with Crippen molar-refractivity contribution in [2.45, 2.75) is 25.5 Å². The first-order valence-corrected chi connectivity index (χ1v) is 9.15. The minimum absolute atomic E-state index is 0.395. The molecule has 1 saturated heterocycles. The van der Waals surface area contributed by atoms with Crippen molar-refractivity contribution in [1.29, 1.82) is 0 Å². The highest BCUT2D eigenvalue weighted by Gasteiger charge is 2.18. The highest BCUT2D eigenvalue weighted by Crippen LogP contribution is 2.33. The summed E-state index contributed by atoms with van der Waals surface area (Å²) in [5.74, 6) is 0. The Kier molecular flexibility index (Phi) is 4.44. The molecule has 5 heteroatoms. The largest absolute Gasteiger partial charge is 0.390 e. The van der Waals surface area contributed by atoms with Crippen molar-refractivity contribution in [1.82, 2.24) is 9.47 Å². The average molecular weight is 363 g/mol. The number of benzene rings is 2. The maximum absolute atomic E-state index is 10.6. The number of fused-ring (bicyclic) bond motifs is 3. The number of hydrogen-bond donors (Lipinski definition) is 1. The molecule has 0 spiro atoms. The van der Waals surface area contributed by atoms with E-state index in [-0.39, 0.29) is 0 Å². The Labute approximate surface area is 151 Å². The molecule has 3 aromatic rings. The molecule has 0 radical (unpaired) electrons. The zero-order valence-corrected chi connectivity index (χ0v) is 14.9. The fourth-order valence-corrected chi connectivity index (χ4v) is 4.12. The van der Waals surface area contributed by atoms with Gasteiger partial charge in [0.15, 0.2) is 0 Å². The van der Waals surface area contributed by atoms with E-state index in [0.29, 0.717) is 16.6 Å². The number of β-amino-alcohol motifs (C(OH)–C–C–N with tert-alkyl or cyclic N) is 1. The Hall–Kier alpha value is -1.26. The van der Waals surface area contributed by atoms with Gasteiger partial charge in [0, 0.05) is 38.4 Å². The van der Waals surface area contributed by atoms with Crippen LogP contribution in [0.2, 0.25) is 10.0 Å². The summed E-state index contributed by atoms with van der Waals surface area (Å²) < 4.78 is 2.18. The summed E-state index contributed by atoms with van der Waals surface area (Å²) >= 11 is 12.4. The van der Waals surface area contributed by atoms with Gasteiger partial charge in [-0.25, -0.2) is 0 Å². The molecule has 1 aliphatic heterocycles. The standard InChI is InChI=1S/C19H20Cl2N2O/c20-13-3-5-18-16(9-13)17-10-14(21)4-6-19(17)23(18)12-15(24)11-22-7-1-2-8-22/h3-6,9-10,15,24H,1-2,7-8,11-12H2. The van der Waals surface area contributed by atoms with Gasteiger partial charge in [0.25, 0.3) is 0 Å². The molecule has 0 bridgehead atoms. The molecular weight excluding hydrogens is 343 g/mol. The number of rotatable bonds is 4. The predicted molar refractivity (Wildman–Crippen MR) is 101 cm³/mol. The molecule has 126 valence electrons. The van der Waals surface area contributed by atoms with Crippen LogP contribution in [0.1, 0.15) is 12.8 Å². The molecule has 4 rings (SSSR count). The van der Waals surface area contributed by atoms with E-state index in [2.05, 4.69) is 9.47 Å². The molecule has 2 aromatic carbocycles. The zero-order valence-electron chi connectivity index (χ0n) is 13.4. The summed E-state index contributed by atoms with van der Waals surface area (Å²) in [5, 5.41) is 14.2. The van der Waals surface area contributed by atoms with Crippen LogP contribution in [0.4, 0.5) is 0 Å². The van der Waals surface area contributed by atoms with Crippen LogP contribution < -0.4 is 0 Å². The van der Waals surface area contributed by atoms with Crippen molar-refractivity contribution in [3.63, 3.8) is 0 Å². The Bertz CT molecular complexity index is 825. The van der Waals surface area contributed by atoms with Crippen LogP contribution in [0, 0.1) is 0 Å². The number of aromatic nitrogens is 1. The molecule has 1 aromatic heterocycles. The fraction of sp³-hybridized carbons (Fsp3) is 0.368. The lowest BCUT2D eigenvalue weighted by atomic mass is 10.1. The summed E-state index contributed by atoms with van der Waals surface area (Å²) in [6.45, 7) is 3.48. The minimum Gasteiger partial charge on any atom is -0.390 e. The first kappa shape index (κ1) is 16.2. The van der Waals surface area contributed by atoms with Gasteiger partial charge in [-0.15, -0.1) is 0 Å². The zero-order chi connectivity index (χ0) is 16.7. The van der Waals surface area contributed by atoms with Gasteiger partial charge in [-0.3, -0.25) is 0 Å². The molecule has 2 heterocycles.